The first-order valence-electron chi connectivity index (χ1n) is 9.76. The molecule has 0 aliphatic rings. The molecule has 0 saturated carbocycles. The lowest BCUT2D eigenvalue weighted by molar-refractivity contribution is 0.0773. The van der Waals surface area contributed by atoms with Crippen LogP contribution in [0, 0.1) is 0 Å². The largest absolute Gasteiger partial charge is 0.359 e. The smallest absolute Gasteiger partial charge is 0.253 e. The number of benzene rings is 1. The van der Waals surface area contributed by atoms with Crippen molar-refractivity contribution in [3.05, 3.63) is 52.9 Å². The molecule has 0 saturated heterocycles. The fourth-order valence-corrected chi connectivity index (χ4v) is 2.72. The molecule has 1 aromatic heterocycles. The Hall–Kier alpha value is -2.83. The van der Waals surface area contributed by atoms with Crippen LogP contribution in [0.3, 0.4) is 0 Å². The molecular formula is C21H31N5O2. The highest BCUT2D eigenvalue weighted by Crippen LogP contribution is 2.13. The fourth-order valence-electron chi connectivity index (χ4n) is 2.72. The summed E-state index contributed by atoms with van der Waals surface area (Å²) in [4.78, 5) is 18.4. The van der Waals surface area contributed by atoms with Gasteiger partial charge in [0.1, 0.15) is 0 Å². The minimum atomic E-state index is 0.0646. The Kier molecular flexibility index (Phi) is 8.04. The number of nitrogens with one attached hydrogen (secondary N) is 2. The van der Waals surface area contributed by atoms with Crippen LogP contribution in [0.2, 0.25) is 0 Å². The summed E-state index contributed by atoms with van der Waals surface area (Å²) in [6.45, 7) is 10.7. The molecule has 0 bridgehead atoms. The highest BCUT2D eigenvalue weighted by molar-refractivity contribution is 5.94. The molecule has 152 valence electrons. The van der Waals surface area contributed by atoms with Gasteiger partial charge >= 0.3 is 0 Å². The van der Waals surface area contributed by atoms with Crippen molar-refractivity contribution < 1.29 is 9.32 Å². The van der Waals surface area contributed by atoms with Crippen molar-refractivity contribution in [2.24, 2.45) is 4.99 Å². The second kappa shape index (κ2) is 10.5. The third-order valence-electron chi connectivity index (χ3n) is 4.53. The molecule has 2 aromatic rings. The number of aliphatic imine (C=N–C) groups is 1. The van der Waals surface area contributed by atoms with E-state index in [4.69, 9.17) is 4.52 Å². The van der Waals surface area contributed by atoms with E-state index in [-0.39, 0.29) is 5.91 Å². The molecule has 0 fully saturated rings. The number of hydrogen-bond donors (Lipinski definition) is 2. The summed E-state index contributed by atoms with van der Waals surface area (Å²) in [5.74, 6) is 1.85. The number of guanidine groups is 1. The molecule has 0 spiro atoms. The molecular weight excluding hydrogens is 354 g/mol. The van der Waals surface area contributed by atoms with Crippen LogP contribution in [0.25, 0.3) is 0 Å². The van der Waals surface area contributed by atoms with Gasteiger partial charge in [-0.25, -0.2) is 0 Å². The van der Waals surface area contributed by atoms with Crippen molar-refractivity contribution >= 4 is 11.9 Å². The molecule has 1 amide bonds. The molecule has 2 rings (SSSR count). The topological polar surface area (TPSA) is 82.8 Å². The first-order valence-corrected chi connectivity index (χ1v) is 9.76. The minimum Gasteiger partial charge on any atom is -0.359 e. The van der Waals surface area contributed by atoms with Crippen molar-refractivity contribution in [1.29, 1.82) is 0 Å². The van der Waals surface area contributed by atoms with E-state index in [1.807, 2.05) is 49.1 Å². The molecule has 0 aliphatic heterocycles. The summed E-state index contributed by atoms with van der Waals surface area (Å²) in [6.07, 6.45) is 0. The van der Waals surface area contributed by atoms with E-state index in [2.05, 4.69) is 34.6 Å². The zero-order valence-corrected chi connectivity index (χ0v) is 17.5. The minimum absolute atomic E-state index is 0.0646. The van der Waals surface area contributed by atoms with Gasteiger partial charge in [0.15, 0.2) is 11.7 Å². The van der Waals surface area contributed by atoms with Crippen molar-refractivity contribution in [3.8, 4) is 0 Å². The third kappa shape index (κ3) is 5.84. The number of carbonyl (C=O) groups excluding carboxylic acids is 1. The van der Waals surface area contributed by atoms with E-state index < -0.39 is 0 Å². The van der Waals surface area contributed by atoms with Gasteiger partial charge in [-0.15, -0.1) is 0 Å². The summed E-state index contributed by atoms with van der Waals surface area (Å²) in [6, 6.07) is 9.62. The average molecular weight is 386 g/mol. The summed E-state index contributed by atoms with van der Waals surface area (Å²) < 4.78 is 5.33. The van der Waals surface area contributed by atoms with Gasteiger partial charge in [-0.3, -0.25) is 9.79 Å². The van der Waals surface area contributed by atoms with Gasteiger partial charge in [0, 0.05) is 38.3 Å². The van der Waals surface area contributed by atoms with E-state index >= 15 is 0 Å². The highest BCUT2D eigenvalue weighted by Gasteiger charge is 2.12. The predicted octanol–water partition coefficient (Wildman–Crippen LogP) is 3.15. The number of hydrogen-bond acceptors (Lipinski definition) is 4. The van der Waals surface area contributed by atoms with E-state index in [1.165, 1.54) is 0 Å². The van der Waals surface area contributed by atoms with Crippen LogP contribution in [0.1, 0.15) is 61.0 Å². The number of amides is 1. The standard InChI is InChI=1S/C21H31N5O2/c1-6-26(7-2)20(27)17-10-8-16(9-11-17)13-23-21(22-5)24-14-18-12-19(15(3)4)25-28-18/h8-12,15H,6-7,13-14H2,1-5H3,(H2,22,23,24). The van der Waals surface area contributed by atoms with Gasteiger partial charge in [0.05, 0.1) is 12.2 Å². The number of aromatic nitrogens is 1. The fraction of sp³-hybridized carbons (Fsp3) is 0.476. The normalized spacial score (nSPS) is 11.6. The van der Waals surface area contributed by atoms with Gasteiger partial charge < -0.3 is 20.1 Å². The number of rotatable bonds is 8. The number of carbonyl (C=O) groups is 1. The Balaban J connectivity index is 1.86. The van der Waals surface area contributed by atoms with Crippen molar-refractivity contribution in [3.63, 3.8) is 0 Å². The third-order valence-corrected chi connectivity index (χ3v) is 4.53. The molecule has 7 heteroatoms. The Morgan fingerprint density at radius 1 is 1.14 bits per heavy atom. The first-order chi connectivity index (χ1) is 13.5. The Morgan fingerprint density at radius 3 is 2.32 bits per heavy atom. The Labute approximate surface area is 167 Å². The monoisotopic (exact) mass is 385 g/mol. The van der Waals surface area contributed by atoms with E-state index in [1.54, 1.807) is 7.05 Å². The summed E-state index contributed by atoms with van der Waals surface area (Å²) in [7, 11) is 1.72. The van der Waals surface area contributed by atoms with Crippen LogP contribution in [-0.2, 0) is 13.1 Å². The van der Waals surface area contributed by atoms with Crippen LogP contribution in [0.5, 0.6) is 0 Å². The lowest BCUT2D eigenvalue weighted by atomic mass is 10.1. The van der Waals surface area contributed by atoms with Gasteiger partial charge in [-0.2, -0.15) is 0 Å². The van der Waals surface area contributed by atoms with Gasteiger partial charge in [0.2, 0.25) is 0 Å². The van der Waals surface area contributed by atoms with Crippen molar-refractivity contribution in [2.45, 2.75) is 46.7 Å². The quantitative estimate of drug-likeness (QED) is 0.539. The Bertz CT molecular complexity index is 776. The van der Waals surface area contributed by atoms with E-state index in [9.17, 15) is 4.79 Å². The van der Waals surface area contributed by atoms with Gasteiger partial charge in [-0.1, -0.05) is 31.1 Å². The zero-order valence-electron chi connectivity index (χ0n) is 17.5. The SMILES string of the molecule is CCN(CC)C(=O)c1ccc(CNC(=NC)NCc2cc(C(C)C)no2)cc1. The second-order valence-corrected chi connectivity index (χ2v) is 6.83. The van der Waals surface area contributed by atoms with Crippen molar-refractivity contribution in [1.82, 2.24) is 20.7 Å². The first kappa shape index (κ1) is 21.5. The molecule has 0 radical (unpaired) electrons. The van der Waals surface area contributed by atoms with Crippen LogP contribution >= 0.6 is 0 Å². The maximum atomic E-state index is 12.4. The average Bonchev–Trinajstić information content (AvgIpc) is 3.19. The molecule has 1 aromatic carbocycles. The van der Waals surface area contributed by atoms with Crippen LogP contribution in [0.15, 0.2) is 39.8 Å². The molecule has 0 aliphatic carbocycles. The van der Waals surface area contributed by atoms with Crippen LogP contribution in [-0.4, -0.2) is 42.1 Å². The Morgan fingerprint density at radius 2 is 1.79 bits per heavy atom. The summed E-state index contributed by atoms with van der Waals surface area (Å²) in [5, 5.41) is 10.5. The molecule has 0 unspecified atom stereocenters. The van der Waals surface area contributed by atoms with Gasteiger partial charge in [-0.05, 0) is 37.5 Å². The zero-order chi connectivity index (χ0) is 20.5. The molecule has 0 atom stereocenters. The molecule has 7 nitrogen and oxygen atoms in total. The summed E-state index contributed by atoms with van der Waals surface area (Å²) in [5.41, 5.74) is 2.72. The van der Waals surface area contributed by atoms with Crippen LogP contribution in [0.4, 0.5) is 0 Å². The predicted molar refractivity (Wildman–Crippen MR) is 111 cm³/mol. The summed E-state index contributed by atoms with van der Waals surface area (Å²) >= 11 is 0. The molecule has 1 heterocycles. The van der Waals surface area contributed by atoms with Crippen LogP contribution < -0.4 is 10.6 Å². The highest BCUT2D eigenvalue weighted by atomic mass is 16.5. The van der Waals surface area contributed by atoms with E-state index in [0.717, 1.165) is 17.0 Å². The van der Waals surface area contributed by atoms with Gasteiger partial charge in [0.25, 0.3) is 5.91 Å². The molecule has 28 heavy (non-hydrogen) atoms. The van der Waals surface area contributed by atoms with Crippen molar-refractivity contribution in [2.75, 3.05) is 20.1 Å². The maximum Gasteiger partial charge on any atom is 0.253 e. The lowest BCUT2D eigenvalue weighted by Gasteiger charge is -2.18. The maximum absolute atomic E-state index is 12.4. The second-order valence-electron chi connectivity index (χ2n) is 6.83. The molecule has 2 N–H and O–H groups in total. The number of nitrogens with zero attached hydrogens (tertiary/aromatic N) is 3. The lowest BCUT2D eigenvalue weighted by Crippen LogP contribution is -2.36. The van der Waals surface area contributed by atoms with E-state index in [0.29, 0.717) is 43.6 Å².